The first-order valence-electron chi connectivity index (χ1n) is 7.53. The van der Waals surface area contributed by atoms with Crippen molar-refractivity contribution in [2.45, 2.75) is 51.4 Å². The van der Waals surface area contributed by atoms with E-state index in [4.69, 9.17) is 10.6 Å². The van der Waals surface area contributed by atoms with E-state index in [2.05, 4.69) is 23.6 Å². The smallest absolute Gasteiger partial charge is 0.233 e. The molecule has 0 radical (unpaired) electrons. The molecular formula is C16H24N2O2. The van der Waals surface area contributed by atoms with Crippen LogP contribution < -0.4 is 16.0 Å². The van der Waals surface area contributed by atoms with Gasteiger partial charge >= 0.3 is 0 Å². The summed E-state index contributed by atoms with van der Waals surface area (Å²) in [6.45, 7) is 0.711. The Labute approximate surface area is 120 Å². The molecule has 0 atom stereocenters. The highest BCUT2D eigenvalue weighted by molar-refractivity contribution is 5.75. The molecular weight excluding hydrogens is 252 g/mol. The lowest BCUT2D eigenvalue weighted by Gasteiger charge is -2.16. The number of unbranched alkanes of at least 4 members (excludes halogenated alkanes) is 2. The van der Waals surface area contributed by atoms with Crippen LogP contribution in [0.3, 0.4) is 0 Å². The standard InChI is InChI=1S/C16H24N2O2/c17-18-16(19)8-2-1-5-11-20-15-10-9-13-6-3-4-7-14(13)12-15/h9-10,12H,1-8,11,17H2,(H,18,19). The summed E-state index contributed by atoms with van der Waals surface area (Å²) in [5, 5.41) is 0. The molecule has 0 unspecified atom stereocenters. The minimum atomic E-state index is -0.0967. The van der Waals surface area contributed by atoms with Crippen LogP contribution in [0.4, 0.5) is 0 Å². The first-order valence-corrected chi connectivity index (χ1v) is 7.53. The van der Waals surface area contributed by atoms with Crippen LogP contribution in [-0.4, -0.2) is 12.5 Å². The van der Waals surface area contributed by atoms with Gasteiger partial charge in [0.05, 0.1) is 6.61 Å². The van der Waals surface area contributed by atoms with Gasteiger partial charge in [-0.1, -0.05) is 6.07 Å². The molecule has 0 fully saturated rings. The summed E-state index contributed by atoms with van der Waals surface area (Å²) in [4.78, 5) is 10.9. The second-order valence-electron chi connectivity index (χ2n) is 5.36. The van der Waals surface area contributed by atoms with Gasteiger partial charge in [-0.2, -0.15) is 0 Å². The van der Waals surface area contributed by atoms with Gasteiger partial charge in [0.25, 0.3) is 0 Å². The Morgan fingerprint density at radius 1 is 1.15 bits per heavy atom. The molecule has 0 bridgehead atoms. The van der Waals surface area contributed by atoms with E-state index < -0.39 is 0 Å². The third-order valence-corrected chi connectivity index (χ3v) is 3.80. The number of nitrogens with two attached hydrogens (primary N) is 1. The second kappa shape index (κ2) is 7.90. The molecule has 1 amide bonds. The molecule has 4 heteroatoms. The van der Waals surface area contributed by atoms with Crippen molar-refractivity contribution in [2.75, 3.05) is 6.61 Å². The number of nitrogens with one attached hydrogen (secondary N) is 1. The van der Waals surface area contributed by atoms with Crippen molar-refractivity contribution in [3.05, 3.63) is 29.3 Å². The number of carbonyl (C=O) groups excluding carboxylic acids is 1. The Bertz CT molecular complexity index is 446. The normalized spacial score (nSPS) is 13.7. The van der Waals surface area contributed by atoms with Gasteiger partial charge in [-0.3, -0.25) is 10.2 Å². The number of benzene rings is 1. The number of carbonyl (C=O) groups is 1. The van der Waals surface area contributed by atoms with E-state index >= 15 is 0 Å². The van der Waals surface area contributed by atoms with Crippen molar-refractivity contribution in [2.24, 2.45) is 5.84 Å². The third kappa shape index (κ3) is 4.53. The predicted molar refractivity (Wildman–Crippen MR) is 79.4 cm³/mol. The molecule has 0 spiro atoms. The molecule has 4 nitrogen and oxygen atoms in total. The SMILES string of the molecule is NNC(=O)CCCCCOc1ccc2c(c1)CCCC2. The number of fused-ring (bicyclic) bond motifs is 1. The average Bonchev–Trinajstić information content (AvgIpc) is 2.50. The maximum atomic E-state index is 10.9. The highest BCUT2D eigenvalue weighted by atomic mass is 16.5. The van der Waals surface area contributed by atoms with Crippen molar-refractivity contribution in [1.29, 1.82) is 0 Å². The van der Waals surface area contributed by atoms with E-state index in [0.29, 0.717) is 13.0 Å². The fraction of sp³-hybridized carbons (Fsp3) is 0.562. The summed E-state index contributed by atoms with van der Waals surface area (Å²) in [7, 11) is 0. The van der Waals surface area contributed by atoms with E-state index in [1.54, 1.807) is 0 Å². The van der Waals surface area contributed by atoms with Crippen LogP contribution in [0.2, 0.25) is 0 Å². The second-order valence-corrected chi connectivity index (χ2v) is 5.36. The van der Waals surface area contributed by atoms with Crippen molar-refractivity contribution in [3.63, 3.8) is 0 Å². The molecule has 1 aromatic carbocycles. The average molecular weight is 276 g/mol. The Hall–Kier alpha value is -1.55. The van der Waals surface area contributed by atoms with Crippen LogP contribution >= 0.6 is 0 Å². The zero-order valence-electron chi connectivity index (χ0n) is 12.0. The number of aryl methyl sites for hydroxylation is 2. The monoisotopic (exact) mass is 276 g/mol. The number of hydrogen-bond acceptors (Lipinski definition) is 3. The molecule has 0 heterocycles. The molecule has 0 aromatic heterocycles. The first kappa shape index (κ1) is 14.9. The van der Waals surface area contributed by atoms with Crippen LogP contribution in [-0.2, 0) is 17.6 Å². The molecule has 110 valence electrons. The van der Waals surface area contributed by atoms with Crippen LogP contribution in [0.25, 0.3) is 0 Å². The number of amides is 1. The van der Waals surface area contributed by atoms with E-state index in [1.807, 2.05) is 0 Å². The van der Waals surface area contributed by atoms with E-state index in [9.17, 15) is 4.79 Å². The molecule has 2 rings (SSSR count). The Kier molecular flexibility index (Phi) is 5.87. The summed E-state index contributed by atoms with van der Waals surface area (Å²) in [6, 6.07) is 6.47. The largest absolute Gasteiger partial charge is 0.494 e. The summed E-state index contributed by atoms with van der Waals surface area (Å²) < 4.78 is 5.78. The molecule has 0 aliphatic heterocycles. The van der Waals surface area contributed by atoms with Gasteiger partial charge in [-0.25, -0.2) is 5.84 Å². The first-order chi connectivity index (χ1) is 9.79. The van der Waals surface area contributed by atoms with Gasteiger partial charge in [-0.05, 0) is 68.2 Å². The Balaban J connectivity index is 1.65. The maximum Gasteiger partial charge on any atom is 0.233 e. The van der Waals surface area contributed by atoms with Gasteiger partial charge in [0.2, 0.25) is 5.91 Å². The van der Waals surface area contributed by atoms with Gasteiger partial charge in [0.15, 0.2) is 0 Å². The molecule has 0 saturated heterocycles. The maximum absolute atomic E-state index is 10.9. The van der Waals surface area contributed by atoms with Crippen molar-refractivity contribution in [1.82, 2.24) is 5.43 Å². The topological polar surface area (TPSA) is 64.3 Å². The van der Waals surface area contributed by atoms with Gasteiger partial charge in [0, 0.05) is 6.42 Å². The Morgan fingerprint density at radius 2 is 1.95 bits per heavy atom. The minimum absolute atomic E-state index is 0.0967. The van der Waals surface area contributed by atoms with Crippen LogP contribution in [0.15, 0.2) is 18.2 Å². The lowest BCUT2D eigenvalue weighted by Crippen LogP contribution is -2.29. The van der Waals surface area contributed by atoms with E-state index in [-0.39, 0.29) is 5.91 Å². The van der Waals surface area contributed by atoms with Crippen molar-refractivity contribution >= 4 is 5.91 Å². The fourth-order valence-corrected chi connectivity index (χ4v) is 2.63. The lowest BCUT2D eigenvalue weighted by molar-refractivity contribution is -0.121. The minimum Gasteiger partial charge on any atom is -0.494 e. The quantitative estimate of drug-likeness (QED) is 0.348. The Morgan fingerprint density at radius 3 is 2.75 bits per heavy atom. The predicted octanol–water partition coefficient (Wildman–Crippen LogP) is 2.49. The molecule has 0 saturated carbocycles. The zero-order valence-corrected chi connectivity index (χ0v) is 12.0. The van der Waals surface area contributed by atoms with E-state index in [1.165, 1.54) is 36.8 Å². The number of rotatable bonds is 7. The van der Waals surface area contributed by atoms with Gasteiger partial charge < -0.3 is 4.74 Å². The highest BCUT2D eigenvalue weighted by Gasteiger charge is 2.09. The molecule has 3 N–H and O–H groups in total. The van der Waals surface area contributed by atoms with Crippen molar-refractivity contribution < 1.29 is 9.53 Å². The summed E-state index contributed by atoms with van der Waals surface area (Å²) in [5.41, 5.74) is 5.08. The molecule has 1 aliphatic carbocycles. The summed E-state index contributed by atoms with van der Waals surface area (Å²) in [5.74, 6) is 5.90. The van der Waals surface area contributed by atoms with E-state index in [0.717, 1.165) is 25.0 Å². The number of hydrazine groups is 1. The molecule has 20 heavy (non-hydrogen) atoms. The summed E-state index contributed by atoms with van der Waals surface area (Å²) in [6.07, 6.45) is 8.29. The fourth-order valence-electron chi connectivity index (χ4n) is 2.63. The molecule has 1 aromatic rings. The van der Waals surface area contributed by atoms with Crippen LogP contribution in [0.1, 0.15) is 49.7 Å². The number of hydrogen-bond donors (Lipinski definition) is 2. The van der Waals surface area contributed by atoms with Gasteiger partial charge in [0.1, 0.15) is 5.75 Å². The van der Waals surface area contributed by atoms with Gasteiger partial charge in [-0.15, -0.1) is 0 Å². The number of ether oxygens (including phenoxy) is 1. The van der Waals surface area contributed by atoms with Crippen LogP contribution in [0, 0.1) is 0 Å². The third-order valence-electron chi connectivity index (χ3n) is 3.80. The summed E-state index contributed by atoms with van der Waals surface area (Å²) >= 11 is 0. The van der Waals surface area contributed by atoms with Crippen LogP contribution in [0.5, 0.6) is 5.75 Å². The zero-order chi connectivity index (χ0) is 14.2. The molecule has 1 aliphatic rings. The van der Waals surface area contributed by atoms with Crippen molar-refractivity contribution in [3.8, 4) is 5.75 Å². The lowest BCUT2D eigenvalue weighted by atomic mass is 9.92. The highest BCUT2D eigenvalue weighted by Crippen LogP contribution is 2.25.